The number of hydrogen-bond acceptors (Lipinski definition) is 2. The summed E-state index contributed by atoms with van der Waals surface area (Å²) in [6.45, 7) is 2.11. The Labute approximate surface area is 67.5 Å². The summed E-state index contributed by atoms with van der Waals surface area (Å²) in [6, 6.07) is 0. The topological polar surface area (TPSA) is 38.4 Å². The van der Waals surface area contributed by atoms with Crippen LogP contribution in [0, 0.1) is 0 Å². The summed E-state index contributed by atoms with van der Waals surface area (Å²) in [5.41, 5.74) is 7.02. The Morgan fingerprint density at radius 3 is 3.27 bits per heavy atom. The predicted molar refractivity (Wildman–Crippen MR) is 48.6 cm³/mol. The first-order chi connectivity index (χ1) is 5.29. The van der Waals surface area contributed by atoms with E-state index in [1.54, 1.807) is 6.21 Å². The summed E-state index contributed by atoms with van der Waals surface area (Å²) in [7, 11) is 0. The first-order valence-corrected chi connectivity index (χ1v) is 3.88. The Balaban J connectivity index is 2.64. The van der Waals surface area contributed by atoms with Crippen LogP contribution < -0.4 is 5.73 Å². The molecule has 11 heavy (non-hydrogen) atoms. The second-order valence-corrected chi connectivity index (χ2v) is 2.78. The Kier molecular flexibility index (Phi) is 3.05. The quantitative estimate of drug-likeness (QED) is 0.524. The zero-order valence-electron chi connectivity index (χ0n) is 6.83. The normalized spacial score (nSPS) is 28.2. The molecule has 0 radical (unpaired) electrons. The van der Waals surface area contributed by atoms with Gasteiger partial charge in [0.1, 0.15) is 6.17 Å². The summed E-state index contributed by atoms with van der Waals surface area (Å²) in [6.07, 6.45) is 9.76. The molecule has 0 aliphatic carbocycles. The molecule has 0 spiro atoms. The number of nitrogens with two attached hydrogens (primary N) is 1. The highest BCUT2D eigenvalue weighted by Crippen LogP contribution is 2.05. The van der Waals surface area contributed by atoms with Crippen LogP contribution in [0.4, 0.5) is 0 Å². The fourth-order valence-corrected chi connectivity index (χ4v) is 0.941. The van der Waals surface area contributed by atoms with Gasteiger partial charge < -0.3 is 5.73 Å². The van der Waals surface area contributed by atoms with Crippen molar-refractivity contribution in [2.75, 3.05) is 0 Å². The fourth-order valence-electron chi connectivity index (χ4n) is 0.941. The third-order valence-electron chi connectivity index (χ3n) is 1.65. The molecule has 0 fully saturated rings. The molecule has 2 nitrogen and oxygen atoms in total. The number of aliphatic imine (C=N–C) groups is 1. The monoisotopic (exact) mass is 150 g/mol. The Hall–Kier alpha value is -0.890. The van der Waals surface area contributed by atoms with E-state index in [0.717, 1.165) is 12.8 Å². The molecule has 0 aromatic heterocycles. The minimum absolute atomic E-state index is 0.0623. The third-order valence-corrected chi connectivity index (χ3v) is 1.65. The summed E-state index contributed by atoms with van der Waals surface area (Å²) < 4.78 is 0. The van der Waals surface area contributed by atoms with Gasteiger partial charge in [-0.25, -0.2) is 0 Å². The maximum Gasteiger partial charge on any atom is 0.100 e. The van der Waals surface area contributed by atoms with Gasteiger partial charge in [0.05, 0.1) is 0 Å². The highest BCUT2D eigenvalue weighted by molar-refractivity contribution is 5.71. The van der Waals surface area contributed by atoms with Crippen LogP contribution in [0.3, 0.4) is 0 Å². The van der Waals surface area contributed by atoms with Gasteiger partial charge >= 0.3 is 0 Å². The van der Waals surface area contributed by atoms with E-state index in [1.165, 1.54) is 5.57 Å². The molecule has 0 saturated heterocycles. The zero-order chi connectivity index (χ0) is 8.10. The maximum absolute atomic E-state index is 5.66. The van der Waals surface area contributed by atoms with Crippen LogP contribution in [-0.2, 0) is 0 Å². The molecule has 0 amide bonds. The largest absolute Gasteiger partial charge is 0.309 e. The molecule has 60 valence electrons. The van der Waals surface area contributed by atoms with Crippen molar-refractivity contribution in [3.63, 3.8) is 0 Å². The lowest BCUT2D eigenvalue weighted by Crippen LogP contribution is -2.15. The van der Waals surface area contributed by atoms with Crippen LogP contribution in [0.1, 0.15) is 19.8 Å². The van der Waals surface area contributed by atoms with Crippen LogP contribution in [-0.4, -0.2) is 12.4 Å². The van der Waals surface area contributed by atoms with Crippen molar-refractivity contribution in [1.82, 2.24) is 0 Å². The van der Waals surface area contributed by atoms with E-state index in [1.807, 2.05) is 6.08 Å². The highest BCUT2D eigenvalue weighted by atomic mass is 14.9. The Bertz CT molecular complexity index is 202. The van der Waals surface area contributed by atoms with Crippen molar-refractivity contribution in [2.45, 2.75) is 25.9 Å². The summed E-state index contributed by atoms with van der Waals surface area (Å²) in [4.78, 5) is 4.10. The number of rotatable bonds is 0. The van der Waals surface area contributed by atoms with Crippen molar-refractivity contribution in [2.24, 2.45) is 10.7 Å². The molecule has 1 aliphatic rings. The van der Waals surface area contributed by atoms with Gasteiger partial charge in [0.2, 0.25) is 0 Å². The van der Waals surface area contributed by atoms with Gasteiger partial charge in [-0.3, -0.25) is 4.99 Å². The van der Waals surface area contributed by atoms with Gasteiger partial charge in [0, 0.05) is 12.6 Å². The van der Waals surface area contributed by atoms with Crippen molar-refractivity contribution in [3.05, 3.63) is 23.8 Å². The highest BCUT2D eigenvalue weighted by Gasteiger charge is 1.95. The van der Waals surface area contributed by atoms with E-state index in [-0.39, 0.29) is 6.17 Å². The van der Waals surface area contributed by atoms with E-state index in [0.29, 0.717) is 0 Å². The number of allylic oxidation sites excluding steroid dienone is 3. The molecule has 1 unspecified atom stereocenters. The van der Waals surface area contributed by atoms with Gasteiger partial charge in [0.15, 0.2) is 0 Å². The molecule has 0 aromatic rings. The molecule has 1 atom stereocenters. The summed E-state index contributed by atoms with van der Waals surface area (Å²) in [5.74, 6) is 0. The lowest BCUT2D eigenvalue weighted by Gasteiger charge is -2.00. The van der Waals surface area contributed by atoms with Crippen LogP contribution in [0.2, 0.25) is 0 Å². The van der Waals surface area contributed by atoms with Gasteiger partial charge in [-0.2, -0.15) is 0 Å². The minimum Gasteiger partial charge on any atom is -0.309 e. The van der Waals surface area contributed by atoms with Crippen molar-refractivity contribution in [3.8, 4) is 0 Å². The molecule has 1 aliphatic heterocycles. The number of hydrogen-bond donors (Lipinski definition) is 1. The van der Waals surface area contributed by atoms with E-state index in [4.69, 9.17) is 5.73 Å². The van der Waals surface area contributed by atoms with Crippen LogP contribution in [0.25, 0.3) is 0 Å². The molecule has 2 heteroatoms. The molecule has 1 heterocycles. The van der Waals surface area contributed by atoms with Crippen LogP contribution >= 0.6 is 0 Å². The van der Waals surface area contributed by atoms with E-state index < -0.39 is 0 Å². The van der Waals surface area contributed by atoms with Crippen molar-refractivity contribution < 1.29 is 0 Å². The molecular weight excluding hydrogens is 136 g/mol. The van der Waals surface area contributed by atoms with Gasteiger partial charge in [0.25, 0.3) is 0 Å². The van der Waals surface area contributed by atoms with Gasteiger partial charge in [-0.15, -0.1) is 0 Å². The molecule has 0 saturated carbocycles. The predicted octanol–water partition coefficient (Wildman–Crippen LogP) is 1.64. The minimum atomic E-state index is -0.0623. The Morgan fingerprint density at radius 1 is 1.64 bits per heavy atom. The lowest BCUT2D eigenvalue weighted by atomic mass is 10.1. The smallest absolute Gasteiger partial charge is 0.100 e. The van der Waals surface area contributed by atoms with Crippen molar-refractivity contribution >= 4 is 6.21 Å². The molecular formula is C9H14N2. The molecule has 0 aromatic carbocycles. The molecule has 2 N–H and O–H groups in total. The number of nitrogens with zero attached hydrogens (tertiary/aromatic N) is 1. The standard InChI is InChI=1S/C9H14N2/c1-8-4-2-3-7-11-9(10)6-5-8/h2-3,5,7,9H,4,6,10H2,1H3/b3-2-,8-5?,11-7?. The van der Waals surface area contributed by atoms with Crippen LogP contribution in [0.15, 0.2) is 28.8 Å². The van der Waals surface area contributed by atoms with E-state index >= 15 is 0 Å². The van der Waals surface area contributed by atoms with E-state index in [9.17, 15) is 0 Å². The Morgan fingerprint density at radius 2 is 2.45 bits per heavy atom. The lowest BCUT2D eigenvalue weighted by molar-refractivity contribution is 0.723. The first kappa shape index (κ1) is 8.21. The van der Waals surface area contributed by atoms with E-state index in [2.05, 4.69) is 24.1 Å². The van der Waals surface area contributed by atoms with Crippen LogP contribution in [0.5, 0.6) is 0 Å². The van der Waals surface area contributed by atoms with Crippen molar-refractivity contribution in [1.29, 1.82) is 0 Å². The second-order valence-electron chi connectivity index (χ2n) is 2.78. The maximum atomic E-state index is 5.66. The summed E-state index contributed by atoms with van der Waals surface area (Å²) >= 11 is 0. The fraction of sp³-hybridized carbons (Fsp3) is 0.444. The SMILES string of the molecule is CC1=CCC(N)N=C/C=C\C1. The van der Waals surface area contributed by atoms with Gasteiger partial charge in [-0.1, -0.05) is 17.7 Å². The molecule has 1 rings (SSSR count). The third kappa shape index (κ3) is 3.14. The average molecular weight is 150 g/mol. The zero-order valence-corrected chi connectivity index (χ0v) is 6.83. The average Bonchev–Trinajstić information content (AvgIpc) is 2.06. The summed E-state index contributed by atoms with van der Waals surface area (Å²) in [5, 5.41) is 0. The second kappa shape index (κ2) is 4.09. The first-order valence-electron chi connectivity index (χ1n) is 3.88. The van der Waals surface area contributed by atoms with Gasteiger partial charge in [-0.05, 0) is 19.4 Å². The molecule has 0 bridgehead atoms.